The van der Waals surface area contributed by atoms with Crippen LogP contribution in [0.15, 0.2) is 29.5 Å². The lowest BCUT2D eigenvalue weighted by Crippen LogP contribution is -1.88. The van der Waals surface area contributed by atoms with Crippen LogP contribution in [0.3, 0.4) is 0 Å². The summed E-state index contributed by atoms with van der Waals surface area (Å²) in [5.74, 6) is 4.68. The van der Waals surface area contributed by atoms with Gasteiger partial charge in [0.05, 0.1) is 11.7 Å². The number of aromatic nitrogens is 1. The number of fused-ring (bicyclic) bond motifs is 1. The molecule has 2 rings (SSSR count). The second-order valence-corrected chi connectivity index (χ2v) is 2.72. The van der Waals surface area contributed by atoms with Gasteiger partial charge in [0.25, 0.3) is 0 Å². The molecule has 0 unspecified atom stereocenters. The minimum absolute atomic E-state index is 0.294. The van der Waals surface area contributed by atoms with Gasteiger partial charge in [-0.25, -0.2) is 4.39 Å². The number of hydrogen-bond acceptors (Lipinski definition) is 2. The molecule has 2 aromatic rings. The van der Waals surface area contributed by atoms with Gasteiger partial charge in [-0.15, -0.1) is 0 Å². The van der Waals surface area contributed by atoms with Gasteiger partial charge in [-0.05, 0) is 23.8 Å². The van der Waals surface area contributed by atoms with Crippen LogP contribution in [-0.2, 0) is 0 Å². The maximum atomic E-state index is 13.3. The molecule has 1 aromatic carbocycles. The zero-order valence-electron chi connectivity index (χ0n) is 6.79. The average Bonchev–Trinajstić information content (AvgIpc) is 2.53. The Morgan fingerprint density at radius 1 is 1.46 bits per heavy atom. The van der Waals surface area contributed by atoms with Crippen molar-refractivity contribution in [2.24, 2.45) is 10.9 Å². The molecule has 3 nitrogen and oxygen atoms in total. The van der Waals surface area contributed by atoms with E-state index in [0.717, 1.165) is 5.39 Å². The number of benzene rings is 1. The normalized spacial score (nSPS) is 11.5. The molecule has 0 saturated heterocycles. The van der Waals surface area contributed by atoms with Gasteiger partial charge in [-0.1, -0.05) is 0 Å². The number of H-pyrrole nitrogens is 1. The molecule has 0 saturated carbocycles. The van der Waals surface area contributed by atoms with E-state index in [-0.39, 0.29) is 5.82 Å². The third-order valence-electron chi connectivity index (χ3n) is 1.86. The molecule has 0 atom stereocenters. The van der Waals surface area contributed by atoms with Crippen molar-refractivity contribution in [3.8, 4) is 0 Å². The SMILES string of the molecule is NN=Cc1cc(F)c2[nH]ccc2c1. The van der Waals surface area contributed by atoms with E-state index in [0.29, 0.717) is 11.1 Å². The summed E-state index contributed by atoms with van der Waals surface area (Å²) in [5, 5.41) is 4.15. The molecule has 0 fully saturated rings. The number of nitrogens with two attached hydrogens (primary N) is 1. The first-order valence-electron chi connectivity index (χ1n) is 3.81. The molecule has 66 valence electrons. The number of hydrogen-bond donors (Lipinski definition) is 2. The number of nitrogens with one attached hydrogen (secondary N) is 1. The summed E-state index contributed by atoms with van der Waals surface area (Å²) in [6.45, 7) is 0. The zero-order valence-corrected chi connectivity index (χ0v) is 6.79. The lowest BCUT2D eigenvalue weighted by Gasteiger charge is -1.95. The molecule has 13 heavy (non-hydrogen) atoms. The quantitative estimate of drug-likeness (QED) is 0.388. The largest absolute Gasteiger partial charge is 0.359 e. The summed E-state index contributed by atoms with van der Waals surface area (Å²) in [5.41, 5.74) is 1.17. The van der Waals surface area contributed by atoms with E-state index >= 15 is 0 Å². The van der Waals surface area contributed by atoms with Crippen LogP contribution in [0.5, 0.6) is 0 Å². The van der Waals surface area contributed by atoms with Gasteiger partial charge in [-0.2, -0.15) is 5.10 Å². The maximum absolute atomic E-state index is 13.3. The van der Waals surface area contributed by atoms with E-state index in [2.05, 4.69) is 10.1 Å². The highest BCUT2D eigenvalue weighted by atomic mass is 19.1. The predicted octanol–water partition coefficient (Wildman–Crippen LogP) is 1.60. The third-order valence-corrected chi connectivity index (χ3v) is 1.86. The van der Waals surface area contributed by atoms with Crippen molar-refractivity contribution in [2.75, 3.05) is 0 Å². The van der Waals surface area contributed by atoms with E-state index in [1.165, 1.54) is 12.3 Å². The molecule has 1 aromatic heterocycles. The Labute approximate surface area is 74.1 Å². The van der Waals surface area contributed by atoms with Crippen LogP contribution in [0, 0.1) is 5.82 Å². The van der Waals surface area contributed by atoms with Crippen molar-refractivity contribution in [1.82, 2.24) is 4.98 Å². The summed E-state index contributed by atoms with van der Waals surface area (Å²) in [4.78, 5) is 2.81. The van der Waals surface area contributed by atoms with E-state index in [1.54, 1.807) is 12.3 Å². The van der Waals surface area contributed by atoms with Crippen molar-refractivity contribution in [3.63, 3.8) is 0 Å². The fourth-order valence-corrected chi connectivity index (χ4v) is 1.31. The summed E-state index contributed by atoms with van der Waals surface area (Å²) in [6.07, 6.45) is 3.10. The summed E-state index contributed by atoms with van der Waals surface area (Å²) in [7, 11) is 0. The van der Waals surface area contributed by atoms with E-state index < -0.39 is 0 Å². The Morgan fingerprint density at radius 3 is 3.08 bits per heavy atom. The topological polar surface area (TPSA) is 54.2 Å². The summed E-state index contributed by atoms with van der Waals surface area (Å²) >= 11 is 0. The minimum Gasteiger partial charge on any atom is -0.359 e. The highest BCUT2D eigenvalue weighted by Gasteiger charge is 2.02. The molecule has 0 bridgehead atoms. The molecule has 1 heterocycles. The monoisotopic (exact) mass is 177 g/mol. The fraction of sp³-hybridized carbons (Fsp3) is 0. The highest BCUT2D eigenvalue weighted by molar-refractivity contribution is 5.89. The lowest BCUT2D eigenvalue weighted by molar-refractivity contribution is 0.637. The predicted molar refractivity (Wildman–Crippen MR) is 50.0 cm³/mol. The van der Waals surface area contributed by atoms with Crippen LogP contribution < -0.4 is 5.84 Å². The van der Waals surface area contributed by atoms with E-state index in [4.69, 9.17) is 5.84 Å². The molecule has 4 heteroatoms. The number of aromatic amines is 1. The Bertz CT molecular complexity index is 459. The van der Waals surface area contributed by atoms with Crippen molar-refractivity contribution >= 4 is 17.1 Å². The molecule has 0 aliphatic rings. The molecule has 0 radical (unpaired) electrons. The molecule has 0 spiro atoms. The summed E-state index contributed by atoms with van der Waals surface area (Å²) in [6, 6.07) is 4.99. The molecule has 0 amide bonds. The summed E-state index contributed by atoms with van der Waals surface area (Å²) < 4.78 is 13.3. The van der Waals surface area contributed by atoms with Gasteiger partial charge in [0.1, 0.15) is 5.82 Å². The van der Waals surface area contributed by atoms with Crippen LogP contribution in [0.1, 0.15) is 5.56 Å². The van der Waals surface area contributed by atoms with Crippen LogP contribution in [0.25, 0.3) is 10.9 Å². The highest BCUT2D eigenvalue weighted by Crippen LogP contribution is 2.17. The molecular weight excluding hydrogens is 169 g/mol. The van der Waals surface area contributed by atoms with Gasteiger partial charge in [0, 0.05) is 11.6 Å². The number of rotatable bonds is 1. The first-order valence-corrected chi connectivity index (χ1v) is 3.81. The smallest absolute Gasteiger partial charge is 0.147 e. The minimum atomic E-state index is -0.294. The van der Waals surface area contributed by atoms with E-state index in [9.17, 15) is 4.39 Å². The Balaban J connectivity index is 2.69. The van der Waals surface area contributed by atoms with Crippen molar-refractivity contribution in [2.45, 2.75) is 0 Å². The lowest BCUT2D eigenvalue weighted by atomic mass is 10.1. The van der Waals surface area contributed by atoms with Crippen LogP contribution >= 0.6 is 0 Å². The standard InChI is InChI=1S/C9H8FN3/c10-8-4-6(5-13-11)3-7-1-2-12-9(7)8/h1-5,12H,11H2. The number of nitrogens with zero attached hydrogens (tertiary/aromatic N) is 1. The second-order valence-electron chi connectivity index (χ2n) is 2.72. The Hall–Kier alpha value is -1.84. The van der Waals surface area contributed by atoms with Crippen molar-refractivity contribution < 1.29 is 4.39 Å². The molecule has 3 N–H and O–H groups in total. The van der Waals surface area contributed by atoms with Crippen LogP contribution in [-0.4, -0.2) is 11.2 Å². The van der Waals surface area contributed by atoms with Gasteiger partial charge < -0.3 is 10.8 Å². The molecule has 0 aliphatic heterocycles. The van der Waals surface area contributed by atoms with Gasteiger partial charge >= 0.3 is 0 Å². The zero-order chi connectivity index (χ0) is 9.26. The second kappa shape index (κ2) is 2.90. The fourth-order valence-electron chi connectivity index (χ4n) is 1.31. The van der Waals surface area contributed by atoms with Crippen molar-refractivity contribution in [3.05, 3.63) is 35.8 Å². The van der Waals surface area contributed by atoms with Gasteiger partial charge in [-0.3, -0.25) is 0 Å². The number of halogens is 1. The van der Waals surface area contributed by atoms with Crippen LogP contribution in [0.4, 0.5) is 4.39 Å². The van der Waals surface area contributed by atoms with Crippen molar-refractivity contribution in [1.29, 1.82) is 0 Å². The first-order chi connectivity index (χ1) is 6.31. The van der Waals surface area contributed by atoms with Gasteiger partial charge in [0.2, 0.25) is 0 Å². The Morgan fingerprint density at radius 2 is 2.31 bits per heavy atom. The van der Waals surface area contributed by atoms with Crippen LogP contribution in [0.2, 0.25) is 0 Å². The maximum Gasteiger partial charge on any atom is 0.147 e. The number of hydrazone groups is 1. The third kappa shape index (κ3) is 1.26. The molecular formula is C9H8FN3. The Kier molecular flexibility index (Phi) is 1.73. The van der Waals surface area contributed by atoms with Gasteiger partial charge in [0.15, 0.2) is 0 Å². The average molecular weight is 177 g/mol. The first kappa shape index (κ1) is 7.79. The molecule has 0 aliphatic carbocycles. The van der Waals surface area contributed by atoms with E-state index in [1.807, 2.05) is 6.07 Å².